The highest BCUT2D eigenvalue weighted by molar-refractivity contribution is 5.99. The van der Waals surface area contributed by atoms with Gasteiger partial charge in [-0.05, 0) is 32.0 Å². The number of allylic oxidation sites excluding steroid dienone is 1. The van der Waals surface area contributed by atoms with Gasteiger partial charge in [0.15, 0.2) is 0 Å². The Labute approximate surface area is 276 Å². The van der Waals surface area contributed by atoms with E-state index in [-0.39, 0.29) is 47.9 Å². The molecular formula is C33H37N3O12. The number of nitro groups is 1. The second-order valence-corrected chi connectivity index (χ2v) is 10.3. The van der Waals surface area contributed by atoms with Gasteiger partial charge in [0.05, 0.1) is 34.3 Å². The number of nitrogens with zero attached hydrogens (tertiary/aromatic N) is 3. The van der Waals surface area contributed by atoms with Crippen LogP contribution in [0.1, 0.15) is 37.8 Å². The fourth-order valence-corrected chi connectivity index (χ4v) is 4.90. The first-order valence-corrected chi connectivity index (χ1v) is 14.5. The lowest BCUT2D eigenvalue weighted by molar-refractivity contribution is -0.384. The van der Waals surface area contributed by atoms with Crippen LogP contribution in [0.15, 0.2) is 89.3 Å². The van der Waals surface area contributed by atoms with Crippen LogP contribution in [-0.2, 0) is 40.0 Å². The second kappa shape index (κ2) is 18.3. The van der Waals surface area contributed by atoms with Gasteiger partial charge in [-0.25, -0.2) is 19.2 Å². The first-order chi connectivity index (χ1) is 22.7. The highest BCUT2D eigenvalue weighted by Crippen LogP contribution is 2.43. The lowest BCUT2D eigenvalue weighted by Crippen LogP contribution is -2.40. The molecule has 0 bridgehead atoms. The van der Waals surface area contributed by atoms with Gasteiger partial charge in [0.2, 0.25) is 0 Å². The highest BCUT2D eigenvalue weighted by atomic mass is 16.6. The van der Waals surface area contributed by atoms with Crippen molar-refractivity contribution >= 4 is 35.5 Å². The van der Waals surface area contributed by atoms with Gasteiger partial charge in [-0.15, -0.1) is 0 Å². The number of carboxylic acid groups (broad SMARTS) is 3. The number of hydrogen-bond donors (Lipinski definition) is 3. The third-order valence-corrected chi connectivity index (χ3v) is 6.93. The number of non-ortho nitro benzene ring substituents is 1. The number of benzene rings is 2. The number of hydrogen-bond acceptors (Lipinski definition) is 11. The summed E-state index contributed by atoms with van der Waals surface area (Å²) in [5.41, 5.74) is 1.49. The number of ether oxygens (including phenoxy) is 2. The average Bonchev–Trinajstić information content (AvgIpc) is 3.02. The molecule has 2 aromatic rings. The van der Waals surface area contributed by atoms with Crippen LogP contribution in [0.3, 0.4) is 0 Å². The van der Waals surface area contributed by atoms with Crippen molar-refractivity contribution in [2.75, 3.05) is 33.4 Å². The zero-order valence-electron chi connectivity index (χ0n) is 26.8. The number of carbonyl (C=O) groups is 5. The summed E-state index contributed by atoms with van der Waals surface area (Å²) < 4.78 is 10.7. The minimum absolute atomic E-state index is 0.00967. The molecule has 0 aliphatic carbocycles. The van der Waals surface area contributed by atoms with Gasteiger partial charge < -0.3 is 34.6 Å². The van der Waals surface area contributed by atoms with E-state index in [1.165, 1.54) is 31.2 Å². The Morgan fingerprint density at radius 2 is 1.58 bits per heavy atom. The smallest absolute Gasteiger partial charge is 0.336 e. The molecule has 256 valence electrons. The molecular weight excluding hydrogens is 630 g/mol. The molecule has 1 atom stereocenters. The Morgan fingerprint density at radius 1 is 0.958 bits per heavy atom. The Bertz CT molecular complexity index is 1600. The van der Waals surface area contributed by atoms with E-state index >= 15 is 0 Å². The summed E-state index contributed by atoms with van der Waals surface area (Å²) in [6, 6.07) is 15.3. The highest BCUT2D eigenvalue weighted by Gasteiger charge is 2.42. The summed E-state index contributed by atoms with van der Waals surface area (Å²) in [5, 5.41) is 37.5. The molecule has 0 amide bonds. The van der Waals surface area contributed by atoms with Gasteiger partial charge >= 0.3 is 29.8 Å². The van der Waals surface area contributed by atoms with Gasteiger partial charge in [-0.1, -0.05) is 42.5 Å². The Hall–Kier alpha value is -5.83. The maximum Gasteiger partial charge on any atom is 0.336 e. The van der Waals surface area contributed by atoms with Crippen LogP contribution < -0.4 is 0 Å². The molecule has 1 unspecified atom stereocenters. The van der Waals surface area contributed by atoms with Gasteiger partial charge in [0, 0.05) is 56.5 Å². The molecule has 2 aromatic carbocycles. The minimum Gasteiger partial charge on any atom is -0.478 e. The van der Waals surface area contributed by atoms with Crippen LogP contribution in [0.2, 0.25) is 0 Å². The van der Waals surface area contributed by atoms with Crippen molar-refractivity contribution in [2.45, 2.75) is 33.2 Å². The molecule has 3 N–H and O–H groups in total. The lowest BCUT2D eigenvalue weighted by Gasteiger charge is -2.39. The molecule has 1 aliphatic heterocycles. The van der Waals surface area contributed by atoms with E-state index in [2.05, 4.69) is 0 Å². The van der Waals surface area contributed by atoms with Crippen LogP contribution in [-0.4, -0.2) is 93.2 Å². The van der Waals surface area contributed by atoms with Crippen LogP contribution in [0.4, 0.5) is 5.69 Å². The van der Waals surface area contributed by atoms with Crippen molar-refractivity contribution in [3.63, 3.8) is 0 Å². The molecule has 0 fully saturated rings. The molecule has 3 rings (SSSR count). The van der Waals surface area contributed by atoms with Crippen molar-refractivity contribution in [1.82, 2.24) is 9.80 Å². The van der Waals surface area contributed by atoms with Crippen molar-refractivity contribution in [3.8, 4) is 0 Å². The lowest BCUT2D eigenvalue weighted by atomic mass is 9.79. The number of nitro benzene ring substituents is 1. The zero-order chi connectivity index (χ0) is 36.0. The van der Waals surface area contributed by atoms with Crippen LogP contribution in [0, 0.1) is 10.1 Å². The van der Waals surface area contributed by atoms with Crippen LogP contribution in [0.25, 0.3) is 0 Å². The monoisotopic (exact) mass is 667 g/mol. The number of aliphatic carboxylic acids is 3. The molecule has 48 heavy (non-hydrogen) atoms. The topological polar surface area (TPSA) is 214 Å². The van der Waals surface area contributed by atoms with Gasteiger partial charge in [-0.2, -0.15) is 0 Å². The third-order valence-electron chi connectivity index (χ3n) is 6.93. The Kier molecular flexibility index (Phi) is 14.7. The molecule has 15 heteroatoms. The van der Waals surface area contributed by atoms with E-state index in [4.69, 9.17) is 19.7 Å². The summed E-state index contributed by atoms with van der Waals surface area (Å²) in [6.45, 7) is 5.53. The number of carbonyl (C=O) groups excluding carboxylic acids is 2. The molecule has 1 heterocycles. The van der Waals surface area contributed by atoms with Crippen LogP contribution >= 0.6 is 0 Å². The van der Waals surface area contributed by atoms with Crippen LogP contribution in [0.5, 0.6) is 0 Å². The largest absolute Gasteiger partial charge is 0.478 e. The first-order valence-electron chi connectivity index (χ1n) is 14.5. The summed E-state index contributed by atoms with van der Waals surface area (Å²) in [5.74, 6) is -6.38. The van der Waals surface area contributed by atoms with E-state index in [1.807, 2.05) is 42.3 Å². The Balaban J connectivity index is 0.000000886. The zero-order valence-corrected chi connectivity index (χ0v) is 26.8. The molecule has 1 aliphatic rings. The molecule has 0 saturated heterocycles. The van der Waals surface area contributed by atoms with E-state index in [9.17, 15) is 39.2 Å². The third kappa shape index (κ3) is 11.2. The van der Waals surface area contributed by atoms with E-state index in [1.54, 1.807) is 18.7 Å². The number of esters is 2. The normalized spacial score (nSPS) is 14.4. The quantitative estimate of drug-likeness (QED) is 0.114. The summed E-state index contributed by atoms with van der Waals surface area (Å²) in [6.07, 6.45) is 1.12. The molecule has 0 spiro atoms. The van der Waals surface area contributed by atoms with Gasteiger partial charge in [0.1, 0.15) is 6.61 Å². The van der Waals surface area contributed by atoms with E-state index in [0.29, 0.717) is 30.9 Å². The van der Waals surface area contributed by atoms with E-state index in [0.717, 1.165) is 5.56 Å². The maximum atomic E-state index is 13.4. The van der Waals surface area contributed by atoms with Gasteiger partial charge in [0.25, 0.3) is 5.69 Å². The van der Waals surface area contributed by atoms with Crippen molar-refractivity contribution < 1.29 is 53.7 Å². The number of likely N-dealkylation sites (N-methyl/N-ethyl adjacent to an activating group) is 1. The predicted molar refractivity (Wildman–Crippen MR) is 170 cm³/mol. The van der Waals surface area contributed by atoms with Crippen molar-refractivity contribution in [3.05, 3.63) is 111 Å². The summed E-state index contributed by atoms with van der Waals surface area (Å²) in [4.78, 5) is 71.7. The maximum absolute atomic E-state index is 13.4. The predicted octanol–water partition coefficient (Wildman–Crippen LogP) is 3.58. The van der Waals surface area contributed by atoms with Crippen molar-refractivity contribution in [1.29, 1.82) is 0 Å². The fraction of sp³-hybridized carbons (Fsp3) is 0.303. The molecule has 0 radical (unpaired) electrons. The molecule has 0 saturated carbocycles. The molecule has 0 aromatic heterocycles. The first kappa shape index (κ1) is 38.4. The van der Waals surface area contributed by atoms with Crippen molar-refractivity contribution in [2.24, 2.45) is 0 Å². The number of carboxylic acids is 3. The standard InChI is InChI=1S/C29H33N3O8.C4H4O4/c1-5-39-29(36)27-24(18-40-20(3)33)31(15-14-30(4)17-21-10-7-6-8-11-21)19(2)25(28(34)35)26(27)22-12-9-13-23(16-22)32(37)38;5-3(6)1-2-4(7)8/h6-13,16,26H,5,14-15,17-18H2,1-4H3,(H,34,35);1-2H,(H,5,6)(H,7,8). The second-order valence-electron chi connectivity index (χ2n) is 10.3. The molecule has 15 nitrogen and oxygen atoms in total. The van der Waals surface area contributed by atoms with Gasteiger partial charge in [-0.3, -0.25) is 14.9 Å². The number of rotatable bonds is 14. The Morgan fingerprint density at radius 3 is 2.10 bits per heavy atom. The van der Waals surface area contributed by atoms with E-state index < -0.39 is 40.7 Å². The fourth-order valence-electron chi connectivity index (χ4n) is 4.90. The summed E-state index contributed by atoms with van der Waals surface area (Å²) >= 11 is 0. The average molecular weight is 668 g/mol. The SMILES string of the molecule is CCOC(=O)C1=C(COC(C)=O)N(CCN(C)Cc2ccccc2)C(C)=C(C(=O)O)C1c1cccc([N+](=O)[O-])c1.O=C(O)C=CC(=O)O. The summed E-state index contributed by atoms with van der Waals surface area (Å²) in [7, 11) is 1.92. The minimum atomic E-state index is -1.29.